The van der Waals surface area contributed by atoms with Gasteiger partial charge in [0.05, 0.1) is 0 Å². The molecule has 6 nitrogen and oxygen atoms in total. The summed E-state index contributed by atoms with van der Waals surface area (Å²) in [6.07, 6.45) is 2.78. The second-order valence-corrected chi connectivity index (χ2v) is 5.57. The molecule has 0 aromatic heterocycles. The van der Waals surface area contributed by atoms with E-state index in [2.05, 4.69) is 29.5 Å². The highest BCUT2D eigenvalue weighted by molar-refractivity contribution is 5.85. The first-order chi connectivity index (χ1) is 8.80. The molecule has 1 saturated carbocycles. The standard InChI is InChI=1S/C13H25N3O3/c1-5-13(3,11(17)18)15-12(19)14-8-9(2)16(4)10-6-7-10/h9-10H,5-8H2,1-4H3,(H,17,18)(H2,14,15,19). The van der Waals surface area contributed by atoms with E-state index in [-0.39, 0.29) is 6.04 Å². The van der Waals surface area contributed by atoms with E-state index in [4.69, 9.17) is 5.11 Å². The molecule has 19 heavy (non-hydrogen) atoms. The number of aliphatic carboxylic acids is 1. The third-order valence-electron chi connectivity index (χ3n) is 3.94. The topological polar surface area (TPSA) is 81.7 Å². The van der Waals surface area contributed by atoms with Gasteiger partial charge in [0, 0.05) is 18.6 Å². The van der Waals surface area contributed by atoms with Crippen LogP contribution in [0.25, 0.3) is 0 Å². The van der Waals surface area contributed by atoms with Gasteiger partial charge in [0.1, 0.15) is 5.54 Å². The highest BCUT2D eigenvalue weighted by Gasteiger charge is 2.33. The zero-order chi connectivity index (χ0) is 14.6. The average molecular weight is 271 g/mol. The Morgan fingerprint density at radius 2 is 2.05 bits per heavy atom. The summed E-state index contributed by atoms with van der Waals surface area (Å²) in [5.74, 6) is -1.02. The van der Waals surface area contributed by atoms with Gasteiger partial charge in [-0.1, -0.05) is 6.92 Å². The number of urea groups is 1. The maximum absolute atomic E-state index is 11.7. The van der Waals surface area contributed by atoms with Crippen LogP contribution >= 0.6 is 0 Å². The molecule has 0 bridgehead atoms. The molecule has 0 spiro atoms. The van der Waals surface area contributed by atoms with E-state index < -0.39 is 17.5 Å². The number of carbonyl (C=O) groups excluding carboxylic acids is 1. The van der Waals surface area contributed by atoms with Crippen LogP contribution in [0.4, 0.5) is 4.79 Å². The third kappa shape index (κ3) is 4.38. The molecule has 0 aromatic carbocycles. The fourth-order valence-electron chi connectivity index (χ4n) is 1.81. The molecule has 0 radical (unpaired) electrons. The maximum atomic E-state index is 11.7. The lowest BCUT2D eigenvalue weighted by molar-refractivity contribution is -0.143. The maximum Gasteiger partial charge on any atom is 0.329 e. The van der Waals surface area contributed by atoms with Crippen molar-refractivity contribution in [2.45, 2.75) is 57.7 Å². The van der Waals surface area contributed by atoms with Gasteiger partial charge in [0.2, 0.25) is 0 Å². The van der Waals surface area contributed by atoms with Crippen LogP contribution in [-0.4, -0.2) is 53.2 Å². The monoisotopic (exact) mass is 271 g/mol. The molecule has 1 fully saturated rings. The second-order valence-electron chi connectivity index (χ2n) is 5.57. The molecular weight excluding hydrogens is 246 g/mol. The summed E-state index contributed by atoms with van der Waals surface area (Å²) in [4.78, 5) is 25.1. The van der Waals surface area contributed by atoms with Crippen molar-refractivity contribution in [1.29, 1.82) is 0 Å². The van der Waals surface area contributed by atoms with Crippen LogP contribution in [0.15, 0.2) is 0 Å². The Balaban J connectivity index is 2.36. The number of carboxylic acids is 1. The molecule has 1 rings (SSSR count). The van der Waals surface area contributed by atoms with Crippen molar-refractivity contribution in [1.82, 2.24) is 15.5 Å². The number of nitrogens with zero attached hydrogens (tertiary/aromatic N) is 1. The Bertz CT molecular complexity index is 344. The van der Waals surface area contributed by atoms with E-state index in [0.29, 0.717) is 19.0 Å². The van der Waals surface area contributed by atoms with Crippen LogP contribution in [0.1, 0.15) is 40.0 Å². The first kappa shape index (κ1) is 15.8. The van der Waals surface area contributed by atoms with E-state index in [9.17, 15) is 9.59 Å². The lowest BCUT2D eigenvalue weighted by Gasteiger charge is -2.27. The molecule has 2 amide bonds. The van der Waals surface area contributed by atoms with Crippen LogP contribution < -0.4 is 10.6 Å². The normalized spacial score (nSPS) is 19.6. The van der Waals surface area contributed by atoms with Gasteiger partial charge in [-0.2, -0.15) is 0 Å². The Hall–Kier alpha value is -1.30. The van der Waals surface area contributed by atoms with Gasteiger partial charge in [-0.3, -0.25) is 4.90 Å². The third-order valence-corrected chi connectivity index (χ3v) is 3.94. The van der Waals surface area contributed by atoms with Gasteiger partial charge in [-0.05, 0) is 40.2 Å². The number of hydrogen-bond acceptors (Lipinski definition) is 3. The van der Waals surface area contributed by atoms with Crippen LogP contribution in [-0.2, 0) is 4.79 Å². The molecule has 0 heterocycles. The minimum absolute atomic E-state index is 0.246. The van der Waals surface area contributed by atoms with E-state index in [0.717, 1.165) is 0 Å². The molecule has 110 valence electrons. The highest BCUT2D eigenvalue weighted by atomic mass is 16.4. The largest absolute Gasteiger partial charge is 0.480 e. The Labute approximate surface area is 114 Å². The molecule has 1 aliphatic rings. The predicted octanol–water partition coefficient (Wildman–Crippen LogP) is 1.02. The van der Waals surface area contributed by atoms with Crippen LogP contribution in [0.5, 0.6) is 0 Å². The summed E-state index contributed by atoms with van der Waals surface area (Å²) >= 11 is 0. The second kappa shape index (κ2) is 6.23. The lowest BCUT2D eigenvalue weighted by Crippen LogP contribution is -2.56. The number of rotatable bonds is 7. The van der Waals surface area contributed by atoms with Gasteiger partial charge < -0.3 is 15.7 Å². The summed E-state index contributed by atoms with van der Waals surface area (Å²) in [5.41, 5.74) is -1.21. The number of carboxylic acid groups (broad SMARTS) is 1. The first-order valence-corrected chi connectivity index (χ1v) is 6.81. The van der Waals surface area contributed by atoms with Gasteiger partial charge in [0.25, 0.3) is 0 Å². The summed E-state index contributed by atoms with van der Waals surface area (Å²) in [6.45, 7) is 5.81. The predicted molar refractivity (Wildman–Crippen MR) is 73.1 cm³/mol. The number of carbonyl (C=O) groups is 2. The smallest absolute Gasteiger partial charge is 0.329 e. The van der Waals surface area contributed by atoms with Crippen molar-refractivity contribution in [3.05, 3.63) is 0 Å². The van der Waals surface area contributed by atoms with E-state index >= 15 is 0 Å². The van der Waals surface area contributed by atoms with Gasteiger partial charge in [-0.25, -0.2) is 9.59 Å². The zero-order valence-corrected chi connectivity index (χ0v) is 12.2. The van der Waals surface area contributed by atoms with Crippen molar-refractivity contribution in [3.8, 4) is 0 Å². The molecule has 0 saturated heterocycles. The van der Waals surface area contributed by atoms with Gasteiger partial charge in [-0.15, -0.1) is 0 Å². The molecule has 2 unspecified atom stereocenters. The Morgan fingerprint density at radius 1 is 1.47 bits per heavy atom. The lowest BCUT2D eigenvalue weighted by atomic mass is 10.00. The van der Waals surface area contributed by atoms with E-state index in [1.54, 1.807) is 6.92 Å². The quantitative estimate of drug-likeness (QED) is 0.646. The van der Waals surface area contributed by atoms with Crippen LogP contribution in [0.2, 0.25) is 0 Å². The molecule has 0 aliphatic heterocycles. The van der Waals surface area contributed by atoms with E-state index in [1.165, 1.54) is 19.8 Å². The van der Waals surface area contributed by atoms with Crippen LogP contribution in [0.3, 0.4) is 0 Å². The molecule has 0 aromatic rings. The fourth-order valence-corrected chi connectivity index (χ4v) is 1.81. The number of amides is 2. The van der Waals surface area contributed by atoms with Crippen molar-refractivity contribution >= 4 is 12.0 Å². The molecule has 1 aliphatic carbocycles. The summed E-state index contributed by atoms with van der Waals surface area (Å²) in [5, 5.41) is 14.3. The Kier molecular flexibility index (Phi) is 5.17. The molecule has 3 N–H and O–H groups in total. The number of nitrogens with one attached hydrogen (secondary N) is 2. The average Bonchev–Trinajstić information content (AvgIpc) is 3.18. The number of likely N-dealkylation sites (N-methyl/N-ethyl adjacent to an activating group) is 1. The van der Waals surface area contributed by atoms with Crippen molar-refractivity contribution in [2.24, 2.45) is 0 Å². The van der Waals surface area contributed by atoms with Gasteiger partial charge in [0.15, 0.2) is 0 Å². The van der Waals surface area contributed by atoms with Crippen molar-refractivity contribution in [2.75, 3.05) is 13.6 Å². The highest BCUT2D eigenvalue weighted by Crippen LogP contribution is 2.26. The van der Waals surface area contributed by atoms with E-state index in [1.807, 2.05) is 0 Å². The summed E-state index contributed by atoms with van der Waals surface area (Å²) in [6, 6.07) is 0.457. The summed E-state index contributed by atoms with van der Waals surface area (Å²) < 4.78 is 0. The molecule has 2 atom stereocenters. The summed E-state index contributed by atoms with van der Waals surface area (Å²) in [7, 11) is 2.05. The van der Waals surface area contributed by atoms with Gasteiger partial charge >= 0.3 is 12.0 Å². The van der Waals surface area contributed by atoms with Crippen molar-refractivity contribution in [3.63, 3.8) is 0 Å². The molecular formula is C13H25N3O3. The van der Waals surface area contributed by atoms with Crippen LogP contribution in [0, 0.1) is 0 Å². The van der Waals surface area contributed by atoms with Crippen molar-refractivity contribution < 1.29 is 14.7 Å². The first-order valence-electron chi connectivity index (χ1n) is 6.81. The number of hydrogen-bond donors (Lipinski definition) is 3. The SMILES string of the molecule is CCC(C)(NC(=O)NCC(C)N(C)C1CC1)C(=O)O. The molecule has 6 heteroatoms. The minimum atomic E-state index is -1.21. The Morgan fingerprint density at radius 3 is 2.47 bits per heavy atom. The minimum Gasteiger partial charge on any atom is -0.480 e. The zero-order valence-electron chi connectivity index (χ0n) is 12.2. The fraction of sp³-hybridized carbons (Fsp3) is 0.846.